The number of hydrogen-bond donors (Lipinski definition) is 1. The first-order chi connectivity index (χ1) is 10.5. The second kappa shape index (κ2) is 9.19. The Labute approximate surface area is 150 Å². The highest BCUT2D eigenvalue weighted by Gasteiger charge is 2.28. The number of benzene rings is 1. The van der Waals surface area contributed by atoms with E-state index in [-0.39, 0.29) is 36.3 Å². The van der Waals surface area contributed by atoms with E-state index < -0.39 is 12.8 Å². The van der Waals surface area contributed by atoms with Crippen molar-refractivity contribution in [3.63, 3.8) is 0 Å². The van der Waals surface area contributed by atoms with Crippen LogP contribution in [0.25, 0.3) is 0 Å². The van der Waals surface area contributed by atoms with Gasteiger partial charge in [0.15, 0.2) is 12.6 Å². The number of hydrogen-bond acceptors (Lipinski definition) is 2. The summed E-state index contributed by atoms with van der Waals surface area (Å²) in [5, 5.41) is 0. The third-order valence-electron chi connectivity index (χ3n) is 3.46. The van der Waals surface area contributed by atoms with Gasteiger partial charge in [0, 0.05) is 18.7 Å². The molecule has 0 spiro atoms. The molecule has 1 aromatic carbocycles. The second-order valence-corrected chi connectivity index (χ2v) is 5.23. The van der Waals surface area contributed by atoms with Gasteiger partial charge in [0.2, 0.25) is 0 Å². The minimum Gasteiger partial charge on any atom is -0.484 e. The molecule has 2 rings (SSSR count). The van der Waals surface area contributed by atoms with E-state index in [0.29, 0.717) is 11.5 Å². The van der Waals surface area contributed by atoms with Crippen molar-refractivity contribution in [2.75, 3.05) is 19.7 Å². The third-order valence-corrected chi connectivity index (χ3v) is 3.46. The molecule has 0 saturated carbocycles. The first-order valence-electron chi connectivity index (χ1n) is 7.28. The highest BCUT2D eigenvalue weighted by Crippen LogP contribution is 2.22. The van der Waals surface area contributed by atoms with Crippen LogP contribution < -0.4 is 10.5 Å². The summed E-state index contributed by atoms with van der Waals surface area (Å²) in [5.74, 6) is 0.625. The highest BCUT2D eigenvalue weighted by atomic mass is 127. The van der Waals surface area contributed by atoms with E-state index in [9.17, 15) is 13.2 Å². The quantitative estimate of drug-likeness (QED) is 0.440. The maximum Gasteiger partial charge on any atom is 0.422 e. The lowest BCUT2D eigenvalue weighted by Gasteiger charge is -2.27. The number of alkyl halides is 3. The number of halogens is 4. The predicted octanol–water partition coefficient (Wildman–Crippen LogP) is 3.55. The van der Waals surface area contributed by atoms with Crippen molar-refractivity contribution in [3.05, 3.63) is 29.8 Å². The van der Waals surface area contributed by atoms with Crippen LogP contribution in [0, 0.1) is 0 Å². The molecule has 1 saturated heterocycles. The van der Waals surface area contributed by atoms with Crippen LogP contribution in [0.3, 0.4) is 0 Å². The van der Waals surface area contributed by atoms with Crippen molar-refractivity contribution in [2.45, 2.75) is 32.0 Å². The molecule has 4 nitrogen and oxygen atoms in total. The Morgan fingerprint density at radius 2 is 1.83 bits per heavy atom. The number of para-hydroxylation sites is 1. The number of nitrogens with zero attached hydrogens (tertiary/aromatic N) is 2. The lowest BCUT2D eigenvalue weighted by atomic mass is 10.1. The number of guanidine groups is 1. The molecule has 0 radical (unpaired) electrons. The summed E-state index contributed by atoms with van der Waals surface area (Å²) in [6.45, 7) is 0.648. The molecule has 1 fully saturated rings. The first kappa shape index (κ1) is 19.9. The molecule has 23 heavy (non-hydrogen) atoms. The summed E-state index contributed by atoms with van der Waals surface area (Å²) in [4.78, 5) is 6.28. The molecule has 0 atom stereocenters. The maximum absolute atomic E-state index is 12.3. The van der Waals surface area contributed by atoms with E-state index in [1.807, 2.05) is 4.90 Å². The maximum atomic E-state index is 12.3. The molecule has 0 unspecified atom stereocenters. The molecule has 0 aromatic heterocycles. The summed E-state index contributed by atoms with van der Waals surface area (Å²) < 4.78 is 41.6. The monoisotopic (exact) mass is 443 g/mol. The summed E-state index contributed by atoms with van der Waals surface area (Å²) in [6.07, 6.45) is -0.996. The molecule has 1 aliphatic rings. The van der Waals surface area contributed by atoms with Crippen LogP contribution in [-0.4, -0.2) is 36.7 Å². The molecule has 1 heterocycles. The minimum absolute atomic E-state index is 0. The van der Waals surface area contributed by atoms with Gasteiger partial charge in [-0.1, -0.05) is 18.2 Å². The van der Waals surface area contributed by atoms with Crippen LogP contribution in [0.15, 0.2) is 29.3 Å². The second-order valence-electron chi connectivity index (χ2n) is 5.23. The van der Waals surface area contributed by atoms with Crippen LogP contribution in [0.2, 0.25) is 0 Å². The van der Waals surface area contributed by atoms with Gasteiger partial charge in [0.1, 0.15) is 5.75 Å². The Morgan fingerprint density at radius 1 is 1.17 bits per heavy atom. The topological polar surface area (TPSA) is 50.9 Å². The Balaban J connectivity index is 0.00000264. The number of aliphatic imine (C=N–C) groups is 1. The van der Waals surface area contributed by atoms with E-state index in [2.05, 4.69) is 4.99 Å². The summed E-state index contributed by atoms with van der Waals surface area (Å²) in [6, 6.07) is 6.57. The molecular weight excluding hydrogens is 422 g/mol. The number of piperidine rings is 1. The highest BCUT2D eigenvalue weighted by molar-refractivity contribution is 14.0. The van der Waals surface area contributed by atoms with Gasteiger partial charge < -0.3 is 15.4 Å². The standard InChI is InChI=1S/C15H20F3N3O.HI/c16-15(17,18)11-22-13-7-3-2-6-12(13)10-20-14(19)21-8-4-1-5-9-21;/h2-3,6-7H,1,4-5,8-11H2,(H2,19,20);1H. The molecule has 1 aromatic rings. The van der Waals surface area contributed by atoms with Gasteiger partial charge in [0.25, 0.3) is 0 Å². The average Bonchev–Trinajstić information content (AvgIpc) is 2.51. The lowest BCUT2D eigenvalue weighted by molar-refractivity contribution is -0.153. The number of nitrogens with two attached hydrogens (primary N) is 1. The van der Waals surface area contributed by atoms with Crippen LogP contribution in [-0.2, 0) is 6.54 Å². The van der Waals surface area contributed by atoms with E-state index in [4.69, 9.17) is 10.5 Å². The Hall–Kier alpha value is -1.19. The molecule has 0 aliphatic carbocycles. The molecule has 130 valence electrons. The van der Waals surface area contributed by atoms with Crippen LogP contribution >= 0.6 is 24.0 Å². The smallest absolute Gasteiger partial charge is 0.422 e. The number of rotatable bonds is 4. The SMILES string of the molecule is I.NC(=NCc1ccccc1OCC(F)(F)F)N1CCCCC1. The molecular formula is C15H21F3IN3O. The van der Waals surface area contributed by atoms with E-state index >= 15 is 0 Å². The van der Waals surface area contributed by atoms with Crippen LogP contribution in [0.5, 0.6) is 5.75 Å². The Kier molecular flexibility index (Phi) is 7.93. The Morgan fingerprint density at radius 3 is 2.48 bits per heavy atom. The van der Waals surface area contributed by atoms with Crippen LogP contribution in [0.4, 0.5) is 13.2 Å². The van der Waals surface area contributed by atoms with Gasteiger partial charge >= 0.3 is 6.18 Å². The number of ether oxygens (including phenoxy) is 1. The minimum atomic E-state index is -4.36. The first-order valence-corrected chi connectivity index (χ1v) is 7.28. The zero-order valence-corrected chi connectivity index (χ0v) is 15.0. The van der Waals surface area contributed by atoms with Gasteiger partial charge in [-0.25, -0.2) is 4.99 Å². The van der Waals surface area contributed by atoms with Crippen molar-refractivity contribution >= 4 is 29.9 Å². The fraction of sp³-hybridized carbons (Fsp3) is 0.533. The molecule has 2 N–H and O–H groups in total. The summed E-state index contributed by atoms with van der Waals surface area (Å²) >= 11 is 0. The van der Waals surface area contributed by atoms with Crippen molar-refractivity contribution in [2.24, 2.45) is 10.7 Å². The third kappa shape index (κ3) is 6.84. The largest absolute Gasteiger partial charge is 0.484 e. The van der Waals surface area contributed by atoms with E-state index in [1.165, 1.54) is 12.5 Å². The van der Waals surface area contributed by atoms with E-state index in [1.54, 1.807) is 18.2 Å². The van der Waals surface area contributed by atoms with Crippen molar-refractivity contribution in [1.82, 2.24) is 4.90 Å². The van der Waals surface area contributed by atoms with Crippen molar-refractivity contribution < 1.29 is 17.9 Å². The fourth-order valence-electron chi connectivity index (χ4n) is 2.32. The fourth-order valence-corrected chi connectivity index (χ4v) is 2.32. The normalized spacial score (nSPS) is 16.0. The zero-order chi connectivity index (χ0) is 16.0. The van der Waals surface area contributed by atoms with E-state index in [0.717, 1.165) is 25.9 Å². The van der Waals surface area contributed by atoms with Gasteiger partial charge in [-0.05, 0) is 25.3 Å². The zero-order valence-electron chi connectivity index (χ0n) is 12.7. The molecule has 0 bridgehead atoms. The average molecular weight is 443 g/mol. The number of likely N-dealkylation sites (tertiary alicyclic amines) is 1. The molecule has 1 aliphatic heterocycles. The summed E-state index contributed by atoms with van der Waals surface area (Å²) in [7, 11) is 0. The van der Waals surface area contributed by atoms with Gasteiger partial charge in [0.05, 0.1) is 6.54 Å². The van der Waals surface area contributed by atoms with Crippen molar-refractivity contribution in [3.8, 4) is 5.75 Å². The lowest BCUT2D eigenvalue weighted by Crippen LogP contribution is -2.40. The predicted molar refractivity (Wildman–Crippen MR) is 94.2 cm³/mol. The van der Waals surface area contributed by atoms with Gasteiger partial charge in [-0.2, -0.15) is 13.2 Å². The van der Waals surface area contributed by atoms with Gasteiger partial charge in [-0.3, -0.25) is 0 Å². The molecule has 0 amide bonds. The Bertz CT molecular complexity index is 517. The molecule has 8 heteroatoms. The summed E-state index contributed by atoms with van der Waals surface area (Å²) in [5.41, 5.74) is 6.53. The van der Waals surface area contributed by atoms with Crippen molar-refractivity contribution in [1.29, 1.82) is 0 Å². The van der Waals surface area contributed by atoms with Gasteiger partial charge in [-0.15, -0.1) is 24.0 Å². The van der Waals surface area contributed by atoms with Crippen LogP contribution in [0.1, 0.15) is 24.8 Å².